The molecule has 0 amide bonds. The summed E-state index contributed by atoms with van der Waals surface area (Å²) >= 11 is 0. The molecule has 102 valence electrons. The first-order valence-corrected chi connectivity index (χ1v) is 5.51. The van der Waals surface area contributed by atoms with Crippen molar-refractivity contribution in [1.29, 1.82) is 0 Å². The third kappa shape index (κ3) is 3.04. The molecule has 4 nitrogen and oxygen atoms in total. The molecule has 1 aromatic carbocycles. The molecule has 0 saturated carbocycles. The van der Waals surface area contributed by atoms with Crippen LogP contribution in [0, 0.1) is 6.92 Å². The molecule has 0 N–H and O–H groups in total. The van der Waals surface area contributed by atoms with Crippen LogP contribution in [0.2, 0.25) is 0 Å². The van der Waals surface area contributed by atoms with Gasteiger partial charge in [-0.25, -0.2) is 9.67 Å². The Morgan fingerprint density at radius 2 is 2.05 bits per heavy atom. The Hall–Kier alpha value is -2.05. The summed E-state index contributed by atoms with van der Waals surface area (Å²) in [6.45, 7) is 0.684. The highest BCUT2D eigenvalue weighted by molar-refractivity contribution is 5.65. The van der Waals surface area contributed by atoms with E-state index in [4.69, 9.17) is 4.74 Å². The van der Waals surface area contributed by atoms with Gasteiger partial charge in [-0.3, -0.25) is 0 Å². The van der Waals surface area contributed by atoms with Gasteiger partial charge < -0.3 is 4.74 Å². The molecule has 0 atom stereocenters. The van der Waals surface area contributed by atoms with Crippen LogP contribution in [-0.4, -0.2) is 28.1 Å². The minimum Gasteiger partial charge on any atom is -0.496 e. The summed E-state index contributed by atoms with van der Waals surface area (Å²) < 4.78 is 42.7. The van der Waals surface area contributed by atoms with E-state index >= 15 is 0 Å². The van der Waals surface area contributed by atoms with Crippen molar-refractivity contribution >= 4 is 0 Å². The molecule has 7 heteroatoms. The van der Waals surface area contributed by atoms with E-state index in [0.717, 1.165) is 16.6 Å². The predicted molar refractivity (Wildman–Crippen MR) is 62.8 cm³/mol. The van der Waals surface area contributed by atoms with Crippen molar-refractivity contribution in [2.45, 2.75) is 19.6 Å². The normalized spacial score (nSPS) is 11.6. The van der Waals surface area contributed by atoms with Gasteiger partial charge in [0.25, 0.3) is 0 Å². The van der Waals surface area contributed by atoms with E-state index < -0.39 is 12.7 Å². The number of halogens is 3. The van der Waals surface area contributed by atoms with Gasteiger partial charge in [0.2, 0.25) is 0 Å². The van der Waals surface area contributed by atoms with E-state index in [1.165, 1.54) is 7.11 Å². The lowest BCUT2D eigenvalue weighted by molar-refractivity contribution is -0.142. The van der Waals surface area contributed by atoms with Gasteiger partial charge in [0.05, 0.1) is 12.7 Å². The molecule has 0 radical (unpaired) electrons. The smallest absolute Gasteiger partial charge is 0.408 e. The zero-order chi connectivity index (χ0) is 14.0. The van der Waals surface area contributed by atoms with E-state index in [9.17, 15) is 13.2 Å². The van der Waals surface area contributed by atoms with Crippen LogP contribution in [0.4, 0.5) is 13.2 Å². The van der Waals surface area contributed by atoms with Crippen molar-refractivity contribution in [1.82, 2.24) is 14.8 Å². The molecule has 0 aliphatic rings. The molecule has 1 heterocycles. The summed E-state index contributed by atoms with van der Waals surface area (Å²) in [6.07, 6.45) is -3.26. The number of aryl methyl sites for hydroxylation is 1. The Kier molecular flexibility index (Phi) is 3.46. The van der Waals surface area contributed by atoms with Crippen LogP contribution in [0.1, 0.15) is 5.56 Å². The van der Waals surface area contributed by atoms with Gasteiger partial charge in [-0.2, -0.15) is 18.3 Å². The largest absolute Gasteiger partial charge is 0.496 e. The van der Waals surface area contributed by atoms with Gasteiger partial charge >= 0.3 is 6.18 Å². The van der Waals surface area contributed by atoms with Crippen molar-refractivity contribution in [2.75, 3.05) is 7.11 Å². The third-order valence-corrected chi connectivity index (χ3v) is 2.53. The summed E-state index contributed by atoms with van der Waals surface area (Å²) in [6, 6.07) is 5.33. The Labute approximate surface area is 107 Å². The van der Waals surface area contributed by atoms with Gasteiger partial charge in [-0.15, -0.1) is 0 Å². The van der Waals surface area contributed by atoms with Crippen LogP contribution in [0.25, 0.3) is 11.4 Å². The average molecular weight is 271 g/mol. The van der Waals surface area contributed by atoms with Crippen LogP contribution in [0.3, 0.4) is 0 Å². The fourth-order valence-electron chi connectivity index (χ4n) is 1.78. The average Bonchev–Trinajstić information content (AvgIpc) is 2.74. The van der Waals surface area contributed by atoms with Crippen LogP contribution in [0.5, 0.6) is 5.75 Å². The molecule has 0 bridgehead atoms. The molecular weight excluding hydrogens is 259 g/mol. The van der Waals surface area contributed by atoms with Gasteiger partial charge in [0, 0.05) is 0 Å². The topological polar surface area (TPSA) is 39.9 Å². The maximum atomic E-state index is 12.2. The second kappa shape index (κ2) is 4.91. The number of aromatic nitrogens is 3. The summed E-state index contributed by atoms with van der Waals surface area (Å²) in [7, 11) is 1.50. The number of alkyl halides is 3. The zero-order valence-electron chi connectivity index (χ0n) is 10.4. The van der Waals surface area contributed by atoms with E-state index in [1.807, 2.05) is 13.0 Å². The second-order valence-corrected chi connectivity index (χ2v) is 4.04. The highest BCUT2D eigenvalue weighted by atomic mass is 19.4. The fourth-order valence-corrected chi connectivity index (χ4v) is 1.78. The lowest BCUT2D eigenvalue weighted by atomic mass is 10.1. The Morgan fingerprint density at radius 3 is 2.68 bits per heavy atom. The molecule has 0 aliphatic carbocycles. The van der Waals surface area contributed by atoms with Gasteiger partial charge in [0.15, 0.2) is 5.82 Å². The van der Waals surface area contributed by atoms with Gasteiger partial charge in [0.1, 0.15) is 18.6 Å². The van der Waals surface area contributed by atoms with Gasteiger partial charge in [-0.05, 0) is 18.6 Å². The SMILES string of the molecule is COc1c(C)cccc1-c1ncn(CC(F)(F)F)n1. The van der Waals surface area contributed by atoms with Crippen LogP contribution in [0.15, 0.2) is 24.5 Å². The fraction of sp³-hybridized carbons (Fsp3) is 0.333. The summed E-state index contributed by atoms with van der Waals surface area (Å²) in [5.74, 6) is 0.775. The van der Waals surface area contributed by atoms with Crippen LogP contribution < -0.4 is 4.74 Å². The maximum Gasteiger partial charge on any atom is 0.408 e. The van der Waals surface area contributed by atoms with Crippen LogP contribution in [-0.2, 0) is 6.54 Å². The summed E-state index contributed by atoms with van der Waals surface area (Å²) in [4.78, 5) is 3.89. The number of rotatable bonds is 3. The first-order valence-electron chi connectivity index (χ1n) is 5.51. The van der Waals surface area contributed by atoms with E-state index in [0.29, 0.717) is 11.3 Å². The maximum absolute atomic E-state index is 12.2. The monoisotopic (exact) mass is 271 g/mol. The van der Waals surface area contributed by atoms with Crippen molar-refractivity contribution in [3.8, 4) is 17.1 Å². The first kappa shape index (κ1) is 13.4. The first-order chi connectivity index (χ1) is 8.90. The minimum atomic E-state index is -4.32. The third-order valence-electron chi connectivity index (χ3n) is 2.53. The molecule has 0 unspecified atom stereocenters. The van der Waals surface area contributed by atoms with Crippen molar-refractivity contribution < 1.29 is 17.9 Å². The Bertz CT molecular complexity index is 578. The molecule has 2 aromatic rings. The van der Waals surface area contributed by atoms with E-state index in [2.05, 4.69) is 10.1 Å². The van der Waals surface area contributed by atoms with Gasteiger partial charge in [-0.1, -0.05) is 12.1 Å². The number of nitrogens with zero attached hydrogens (tertiary/aromatic N) is 3. The molecule has 2 rings (SSSR count). The molecule has 1 aromatic heterocycles. The predicted octanol–water partition coefficient (Wildman–Crippen LogP) is 2.82. The summed E-state index contributed by atoms with van der Waals surface area (Å²) in [5.41, 5.74) is 1.44. The number of benzene rings is 1. The summed E-state index contributed by atoms with van der Waals surface area (Å²) in [5, 5.41) is 3.82. The molecule has 19 heavy (non-hydrogen) atoms. The van der Waals surface area contributed by atoms with Crippen molar-refractivity contribution in [2.24, 2.45) is 0 Å². The molecule has 0 aliphatic heterocycles. The van der Waals surface area contributed by atoms with Crippen molar-refractivity contribution in [3.63, 3.8) is 0 Å². The highest BCUT2D eigenvalue weighted by Crippen LogP contribution is 2.30. The van der Waals surface area contributed by atoms with E-state index in [-0.39, 0.29) is 5.82 Å². The number of ether oxygens (including phenoxy) is 1. The minimum absolute atomic E-state index is 0.213. The number of hydrogen-bond donors (Lipinski definition) is 0. The number of methoxy groups -OCH3 is 1. The molecule has 0 saturated heterocycles. The van der Waals surface area contributed by atoms with E-state index in [1.54, 1.807) is 12.1 Å². The zero-order valence-corrected chi connectivity index (χ0v) is 10.4. The quantitative estimate of drug-likeness (QED) is 0.861. The van der Waals surface area contributed by atoms with Crippen LogP contribution >= 0.6 is 0 Å². The number of para-hydroxylation sites is 1. The standard InChI is InChI=1S/C12H12F3N3O/c1-8-4-3-5-9(10(8)19-2)11-16-7-18(17-11)6-12(13,14)15/h3-5,7H,6H2,1-2H3. The molecular formula is C12H12F3N3O. The number of hydrogen-bond acceptors (Lipinski definition) is 3. The lowest BCUT2D eigenvalue weighted by Crippen LogP contribution is -2.17. The lowest BCUT2D eigenvalue weighted by Gasteiger charge is -2.08. The van der Waals surface area contributed by atoms with Crippen molar-refractivity contribution in [3.05, 3.63) is 30.1 Å². The molecule has 0 spiro atoms. The second-order valence-electron chi connectivity index (χ2n) is 4.04. The molecule has 0 fully saturated rings. The Morgan fingerprint density at radius 1 is 1.32 bits per heavy atom. The highest BCUT2D eigenvalue weighted by Gasteiger charge is 2.28. The Balaban J connectivity index is 2.36.